The number of H-pyrrole nitrogens is 1. The van der Waals surface area contributed by atoms with Crippen molar-refractivity contribution in [2.75, 3.05) is 25.7 Å². The molecule has 0 saturated carbocycles. The predicted octanol–water partition coefficient (Wildman–Crippen LogP) is 3.66. The summed E-state index contributed by atoms with van der Waals surface area (Å²) < 4.78 is 10.6. The molecule has 2 aromatic carbocycles. The summed E-state index contributed by atoms with van der Waals surface area (Å²) in [7, 11) is 3.14. The summed E-state index contributed by atoms with van der Waals surface area (Å²) >= 11 is 0. The highest BCUT2D eigenvalue weighted by Gasteiger charge is 2.31. The second kappa shape index (κ2) is 6.35. The van der Waals surface area contributed by atoms with Gasteiger partial charge in [0.2, 0.25) is 0 Å². The summed E-state index contributed by atoms with van der Waals surface area (Å²) in [5, 5.41) is 19.1. The van der Waals surface area contributed by atoms with Gasteiger partial charge in [-0.2, -0.15) is 0 Å². The fraction of sp³-hybridized carbons (Fsp3) is 0.200. The van der Waals surface area contributed by atoms with Crippen LogP contribution in [0.1, 0.15) is 11.4 Å². The Morgan fingerprint density at radius 3 is 2.63 bits per heavy atom. The third kappa shape index (κ3) is 2.77. The summed E-state index contributed by atoms with van der Waals surface area (Å²) in [5.74, 6) is 1.94. The zero-order valence-electron chi connectivity index (χ0n) is 15.3. The number of benzene rings is 2. The van der Waals surface area contributed by atoms with Gasteiger partial charge in [0.15, 0.2) is 11.5 Å². The number of nitrogens with one attached hydrogen (secondary N) is 2. The molecule has 0 fully saturated rings. The molecular weight excluding hydrogens is 344 g/mol. The normalized spacial score (nSPS) is 14.3. The van der Waals surface area contributed by atoms with E-state index in [9.17, 15) is 5.11 Å². The molecule has 0 unspecified atom stereocenters. The van der Waals surface area contributed by atoms with E-state index in [0.29, 0.717) is 22.9 Å². The van der Waals surface area contributed by atoms with Gasteiger partial charge < -0.3 is 24.5 Å². The first kappa shape index (κ1) is 17.0. The van der Waals surface area contributed by atoms with Crippen molar-refractivity contribution >= 4 is 28.1 Å². The number of hydrogen-bond acceptors (Lipinski definition) is 5. The van der Waals surface area contributed by atoms with Gasteiger partial charge in [-0.05, 0) is 36.8 Å². The SMILES string of the molecule is COc1ccc(N2CC(O)=C(c3nc4ccc(C)cc4[nH]3)C2=N)cc1OC. The Balaban J connectivity index is 1.70. The molecule has 0 amide bonds. The first-order valence-corrected chi connectivity index (χ1v) is 8.49. The van der Waals surface area contributed by atoms with Crippen LogP contribution in [0.25, 0.3) is 16.6 Å². The van der Waals surface area contributed by atoms with Crippen LogP contribution in [0.15, 0.2) is 42.2 Å². The van der Waals surface area contributed by atoms with E-state index in [2.05, 4.69) is 9.97 Å². The number of aryl methyl sites for hydroxylation is 1. The lowest BCUT2D eigenvalue weighted by Gasteiger charge is -2.20. The number of imidazole rings is 1. The average molecular weight is 364 g/mol. The van der Waals surface area contributed by atoms with Crippen molar-refractivity contribution in [3.05, 3.63) is 53.5 Å². The molecule has 3 aromatic rings. The maximum Gasteiger partial charge on any atom is 0.162 e. The van der Waals surface area contributed by atoms with Crippen LogP contribution in [-0.2, 0) is 0 Å². The van der Waals surface area contributed by atoms with E-state index in [1.165, 1.54) is 0 Å². The Kier molecular flexibility index (Phi) is 3.99. The number of rotatable bonds is 4. The standard InChI is InChI=1S/C20H20N4O3/c1-11-4-6-13-14(8-11)23-20(22-13)18-15(25)10-24(19(18)21)12-5-7-16(26-2)17(9-12)27-3/h4-9,21,25H,10H2,1-3H3,(H,22,23). The highest BCUT2D eigenvalue weighted by atomic mass is 16.5. The smallest absolute Gasteiger partial charge is 0.162 e. The molecule has 1 aromatic heterocycles. The number of amidine groups is 1. The van der Waals surface area contributed by atoms with Crippen molar-refractivity contribution in [3.8, 4) is 11.5 Å². The van der Waals surface area contributed by atoms with Crippen molar-refractivity contribution in [1.29, 1.82) is 5.41 Å². The third-order valence-electron chi connectivity index (χ3n) is 4.66. The quantitative estimate of drug-likeness (QED) is 0.657. The minimum atomic E-state index is 0.102. The molecule has 7 heteroatoms. The molecule has 0 saturated heterocycles. The van der Waals surface area contributed by atoms with Gasteiger partial charge in [0.25, 0.3) is 0 Å². The van der Waals surface area contributed by atoms with Crippen LogP contribution in [0.4, 0.5) is 5.69 Å². The van der Waals surface area contributed by atoms with E-state index in [4.69, 9.17) is 14.9 Å². The van der Waals surface area contributed by atoms with Crippen LogP contribution in [0.2, 0.25) is 0 Å². The van der Waals surface area contributed by atoms with E-state index in [-0.39, 0.29) is 18.1 Å². The summed E-state index contributed by atoms with van der Waals surface area (Å²) in [5.41, 5.74) is 3.92. The highest BCUT2D eigenvalue weighted by Crippen LogP contribution is 2.36. The Labute approximate surface area is 156 Å². The molecule has 0 bridgehead atoms. The topological polar surface area (TPSA) is 94.5 Å². The van der Waals surface area contributed by atoms with Gasteiger partial charge in [-0.15, -0.1) is 0 Å². The third-order valence-corrected chi connectivity index (χ3v) is 4.66. The summed E-state index contributed by atoms with van der Waals surface area (Å²) in [6.07, 6.45) is 0. The molecule has 0 radical (unpaired) electrons. The lowest BCUT2D eigenvalue weighted by Crippen LogP contribution is -2.26. The zero-order chi connectivity index (χ0) is 19.1. The Morgan fingerprint density at radius 1 is 1.11 bits per heavy atom. The number of hydrogen-bond donors (Lipinski definition) is 3. The Morgan fingerprint density at radius 2 is 1.89 bits per heavy atom. The number of aliphatic hydroxyl groups is 1. The molecule has 1 aliphatic rings. The summed E-state index contributed by atoms with van der Waals surface area (Å²) in [6.45, 7) is 2.20. The molecule has 0 atom stereocenters. The van der Waals surface area contributed by atoms with Gasteiger partial charge >= 0.3 is 0 Å². The molecule has 0 spiro atoms. The van der Waals surface area contributed by atoms with Crippen molar-refractivity contribution in [3.63, 3.8) is 0 Å². The van der Waals surface area contributed by atoms with Crippen LogP contribution in [0.3, 0.4) is 0 Å². The van der Waals surface area contributed by atoms with Crippen molar-refractivity contribution in [2.45, 2.75) is 6.92 Å². The Hall–Kier alpha value is -3.48. The van der Waals surface area contributed by atoms with Crippen LogP contribution < -0.4 is 14.4 Å². The largest absolute Gasteiger partial charge is 0.509 e. The van der Waals surface area contributed by atoms with Crippen LogP contribution in [0.5, 0.6) is 11.5 Å². The van der Waals surface area contributed by atoms with E-state index < -0.39 is 0 Å². The molecule has 27 heavy (non-hydrogen) atoms. The number of aromatic amines is 1. The Bertz CT molecular complexity index is 1080. The molecule has 7 nitrogen and oxygen atoms in total. The minimum Gasteiger partial charge on any atom is -0.509 e. The van der Waals surface area contributed by atoms with E-state index in [1.54, 1.807) is 31.3 Å². The lowest BCUT2D eigenvalue weighted by molar-refractivity contribution is 0.355. The van der Waals surface area contributed by atoms with Crippen LogP contribution in [-0.4, -0.2) is 41.7 Å². The molecule has 138 valence electrons. The van der Waals surface area contributed by atoms with E-state index in [0.717, 1.165) is 22.3 Å². The van der Waals surface area contributed by atoms with Gasteiger partial charge in [0.1, 0.15) is 17.4 Å². The minimum absolute atomic E-state index is 0.102. The second-order valence-electron chi connectivity index (χ2n) is 6.40. The number of aliphatic hydroxyl groups excluding tert-OH is 1. The fourth-order valence-corrected chi connectivity index (χ4v) is 3.28. The predicted molar refractivity (Wildman–Crippen MR) is 105 cm³/mol. The molecule has 2 heterocycles. The monoisotopic (exact) mass is 364 g/mol. The number of ether oxygens (including phenoxy) is 2. The maximum atomic E-state index is 10.5. The summed E-state index contributed by atoms with van der Waals surface area (Å²) in [6, 6.07) is 11.3. The van der Waals surface area contributed by atoms with Crippen molar-refractivity contribution < 1.29 is 14.6 Å². The van der Waals surface area contributed by atoms with E-state index in [1.807, 2.05) is 31.2 Å². The lowest BCUT2D eigenvalue weighted by atomic mass is 10.2. The van der Waals surface area contributed by atoms with Gasteiger partial charge in [0, 0.05) is 11.8 Å². The number of aromatic nitrogens is 2. The number of methoxy groups -OCH3 is 2. The molecule has 3 N–H and O–H groups in total. The highest BCUT2D eigenvalue weighted by molar-refractivity contribution is 6.30. The van der Waals surface area contributed by atoms with Crippen molar-refractivity contribution in [1.82, 2.24) is 9.97 Å². The van der Waals surface area contributed by atoms with Gasteiger partial charge in [-0.1, -0.05) is 6.07 Å². The summed E-state index contributed by atoms with van der Waals surface area (Å²) in [4.78, 5) is 9.45. The molecule has 1 aliphatic heterocycles. The molecule has 0 aliphatic carbocycles. The number of nitrogens with zero attached hydrogens (tertiary/aromatic N) is 2. The average Bonchev–Trinajstić information content (AvgIpc) is 3.20. The second-order valence-corrected chi connectivity index (χ2v) is 6.40. The van der Waals surface area contributed by atoms with Crippen LogP contribution >= 0.6 is 0 Å². The fourth-order valence-electron chi connectivity index (χ4n) is 3.28. The van der Waals surface area contributed by atoms with E-state index >= 15 is 0 Å². The van der Waals surface area contributed by atoms with Gasteiger partial charge in [-0.3, -0.25) is 5.41 Å². The maximum absolute atomic E-state index is 10.5. The van der Waals surface area contributed by atoms with Crippen molar-refractivity contribution in [2.24, 2.45) is 0 Å². The first-order valence-electron chi connectivity index (χ1n) is 8.49. The zero-order valence-corrected chi connectivity index (χ0v) is 15.3. The van der Waals surface area contributed by atoms with Crippen LogP contribution in [0, 0.1) is 12.3 Å². The first-order chi connectivity index (χ1) is 13.0. The number of anilines is 1. The van der Waals surface area contributed by atoms with Gasteiger partial charge in [-0.25, -0.2) is 4.98 Å². The number of fused-ring (bicyclic) bond motifs is 1. The molecular formula is C20H20N4O3. The molecule has 4 rings (SSSR count). The van der Waals surface area contributed by atoms with Gasteiger partial charge in [0.05, 0.1) is 37.4 Å².